The maximum Gasteiger partial charge on any atom is 0.338 e. The van der Waals surface area contributed by atoms with E-state index in [9.17, 15) is 13.2 Å². The summed E-state index contributed by atoms with van der Waals surface area (Å²) in [5, 5.41) is 0. The number of nitrogens with one attached hydrogen (secondary N) is 1. The van der Waals surface area contributed by atoms with Crippen LogP contribution in [0.5, 0.6) is 0 Å². The van der Waals surface area contributed by atoms with E-state index in [2.05, 4.69) is 9.71 Å². The molecule has 0 aliphatic heterocycles. The van der Waals surface area contributed by atoms with E-state index < -0.39 is 16.0 Å². The van der Waals surface area contributed by atoms with Gasteiger partial charge in [0.05, 0.1) is 23.3 Å². The van der Waals surface area contributed by atoms with Gasteiger partial charge in [-0.1, -0.05) is 12.1 Å². The molecule has 1 fully saturated rings. The molecule has 7 nitrogen and oxygen atoms in total. The highest BCUT2D eigenvalue weighted by molar-refractivity contribution is 7.92. The Morgan fingerprint density at radius 2 is 1.93 bits per heavy atom. The first kappa shape index (κ1) is 20.2. The Balaban J connectivity index is 1.58. The molecule has 0 atom stereocenters. The molecule has 30 heavy (non-hydrogen) atoms. The van der Waals surface area contributed by atoms with Crippen LogP contribution in [-0.2, 0) is 14.8 Å². The molecule has 3 aromatic rings. The number of esters is 1. The van der Waals surface area contributed by atoms with Crippen LogP contribution in [0.3, 0.4) is 0 Å². The monoisotopic (exact) mass is 426 g/mol. The average molecular weight is 426 g/mol. The molecular weight excluding hydrogens is 404 g/mol. The van der Waals surface area contributed by atoms with Crippen molar-refractivity contribution in [1.82, 2.24) is 4.98 Å². The number of carbonyl (C=O) groups is 1. The first-order valence-electron chi connectivity index (χ1n) is 9.74. The van der Waals surface area contributed by atoms with Gasteiger partial charge in [0.15, 0.2) is 11.7 Å². The quantitative estimate of drug-likeness (QED) is 0.558. The fourth-order valence-corrected chi connectivity index (χ4v) is 4.41. The number of aromatic nitrogens is 1. The Bertz CT molecular complexity index is 1180. The molecule has 0 radical (unpaired) electrons. The van der Waals surface area contributed by atoms with Crippen LogP contribution in [0.2, 0.25) is 0 Å². The summed E-state index contributed by atoms with van der Waals surface area (Å²) >= 11 is 0. The number of nitrogens with zero attached hydrogens (tertiary/aromatic N) is 1. The number of hydrogen-bond donors (Lipinski definition) is 1. The van der Waals surface area contributed by atoms with Crippen molar-refractivity contribution in [3.05, 3.63) is 65.7 Å². The number of benzene rings is 2. The van der Waals surface area contributed by atoms with Crippen LogP contribution in [0, 0.1) is 6.92 Å². The lowest BCUT2D eigenvalue weighted by Gasteiger charge is -2.12. The van der Waals surface area contributed by atoms with Crippen LogP contribution in [0.4, 0.5) is 5.69 Å². The summed E-state index contributed by atoms with van der Waals surface area (Å²) < 4.78 is 39.3. The Morgan fingerprint density at radius 3 is 2.60 bits per heavy atom. The Labute approximate surface area is 175 Å². The zero-order valence-electron chi connectivity index (χ0n) is 16.7. The third-order valence-corrected chi connectivity index (χ3v) is 6.38. The highest BCUT2D eigenvalue weighted by atomic mass is 32.2. The van der Waals surface area contributed by atoms with Gasteiger partial charge in [0.2, 0.25) is 0 Å². The van der Waals surface area contributed by atoms with Gasteiger partial charge in [-0.05, 0) is 62.6 Å². The third-order valence-electron chi connectivity index (χ3n) is 4.86. The maximum atomic E-state index is 13.0. The molecule has 4 rings (SSSR count). The fraction of sp³-hybridized carbons (Fsp3) is 0.273. The van der Waals surface area contributed by atoms with Gasteiger partial charge in [0.1, 0.15) is 0 Å². The molecule has 0 bridgehead atoms. The molecule has 2 aromatic carbocycles. The Kier molecular flexibility index (Phi) is 5.34. The molecule has 8 heteroatoms. The van der Waals surface area contributed by atoms with Crippen LogP contribution in [0.15, 0.2) is 58.0 Å². The van der Waals surface area contributed by atoms with Gasteiger partial charge in [-0.2, -0.15) is 0 Å². The number of hydrogen-bond acceptors (Lipinski definition) is 6. The second kappa shape index (κ2) is 7.95. The highest BCUT2D eigenvalue weighted by Gasteiger charge is 2.29. The van der Waals surface area contributed by atoms with Gasteiger partial charge in [0.25, 0.3) is 10.0 Å². The zero-order valence-corrected chi connectivity index (χ0v) is 17.5. The number of carbonyl (C=O) groups excluding carboxylic acids is 1. The topological polar surface area (TPSA) is 98.5 Å². The minimum absolute atomic E-state index is 0.152. The fourth-order valence-electron chi connectivity index (χ4n) is 3.08. The number of sulfonamides is 1. The first-order chi connectivity index (χ1) is 14.4. The predicted molar refractivity (Wildman–Crippen MR) is 112 cm³/mol. The molecule has 0 amide bonds. The average Bonchev–Trinajstić information content (AvgIpc) is 3.45. The van der Waals surface area contributed by atoms with Crippen LogP contribution in [0.25, 0.3) is 11.3 Å². The van der Waals surface area contributed by atoms with Gasteiger partial charge in [-0.3, -0.25) is 4.72 Å². The van der Waals surface area contributed by atoms with E-state index >= 15 is 0 Å². The molecule has 1 aromatic heterocycles. The van der Waals surface area contributed by atoms with Crippen molar-refractivity contribution in [3.8, 4) is 11.3 Å². The largest absolute Gasteiger partial charge is 0.462 e. The van der Waals surface area contributed by atoms with E-state index in [0.29, 0.717) is 39.9 Å². The zero-order chi connectivity index (χ0) is 21.3. The molecule has 0 unspecified atom stereocenters. The van der Waals surface area contributed by atoms with Crippen molar-refractivity contribution >= 4 is 21.7 Å². The molecule has 1 saturated carbocycles. The Morgan fingerprint density at radius 1 is 1.20 bits per heavy atom. The first-order valence-corrected chi connectivity index (χ1v) is 11.2. The molecule has 156 valence electrons. The van der Waals surface area contributed by atoms with E-state index in [4.69, 9.17) is 9.15 Å². The highest BCUT2D eigenvalue weighted by Crippen LogP contribution is 2.40. The lowest BCUT2D eigenvalue weighted by molar-refractivity contribution is 0.0526. The molecular formula is C22H22N2O5S. The number of aryl methyl sites for hydroxylation is 1. The van der Waals surface area contributed by atoms with E-state index in [-0.39, 0.29) is 11.5 Å². The lowest BCUT2D eigenvalue weighted by atomic mass is 10.1. The van der Waals surface area contributed by atoms with Crippen molar-refractivity contribution in [2.45, 2.75) is 37.5 Å². The standard InChI is InChI=1S/C22H22N2O5S/c1-3-28-22(25)16-8-10-18(11-9-16)24-30(26,27)20-12-17(5-4-14(20)2)19-13-23-21(29-19)15-6-7-15/h4-5,8-13,15,24H,3,6-7H2,1-2H3. The van der Waals surface area contributed by atoms with Gasteiger partial charge in [-0.15, -0.1) is 0 Å². The molecule has 1 N–H and O–H groups in total. The second-order valence-electron chi connectivity index (χ2n) is 7.22. The number of oxazole rings is 1. The summed E-state index contributed by atoms with van der Waals surface area (Å²) in [6.07, 6.45) is 3.79. The van der Waals surface area contributed by atoms with Crippen molar-refractivity contribution in [1.29, 1.82) is 0 Å². The molecule has 1 aliphatic rings. The number of anilines is 1. The van der Waals surface area contributed by atoms with E-state index in [0.717, 1.165) is 12.8 Å². The summed E-state index contributed by atoms with van der Waals surface area (Å²) in [5.41, 5.74) is 1.97. The van der Waals surface area contributed by atoms with Gasteiger partial charge in [0, 0.05) is 17.2 Å². The summed E-state index contributed by atoms with van der Waals surface area (Å²) in [7, 11) is -3.84. The van der Waals surface area contributed by atoms with Crippen LogP contribution >= 0.6 is 0 Å². The van der Waals surface area contributed by atoms with Crippen LogP contribution < -0.4 is 4.72 Å². The van der Waals surface area contributed by atoms with Crippen LogP contribution in [-0.4, -0.2) is 26.0 Å². The van der Waals surface area contributed by atoms with Crippen molar-refractivity contribution in [3.63, 3.8) is 0 Å². The third kappa shape index (κ3) is 4.23. The van der Waals surface area contributed by atoms with E-state index in [1.165, 1.54) is 24.3 Å². The normalized spacial score (nSPS) is 13.8. The SMILES string of the molecule is CCOC(=O)c1ccc(NS(=O)(=O)c2cc(-c3cnc(C4CC4)o3)ccc2C)cc1. The smallest absolute Gasteiger partial charge is 0.338 e. The van der Waals surface area contributed by atoms with Gasteiger partial charge in [-0.25, -0.2) is 18.2 Å². The van der Waals surface area contributed by atoms with Crippen molar-refractivity contribution < 1.29 is 22.4 Å². The van der Waals surface area contributed by atoms with E-state index in [1.54, 1.807) is 32.2 Å². The molecule has 1 heterocycles. The molecule has 1 aliphatic carbocycles. The van der Waals surface area contributed by atoms with Crippen molar-refractivity contribution in [2.24, 2.45) is 0 Å². The summed E-state index contributed by atoms with van der Waals surface area (Å²) in [6, 6.07) is 11.2. The maximum absolute atomic E-state index is 13.0. The number of ether oxygens (including phenoxy) is 1. The minimum atomic E-state index is -3.84. The minimum Gasteiger partial charge on any atom is -0.462 e. The van der Waals surface area contributed by atoms with Gasteiger partial charge >= 0.3 is 5.97 Å². The summed E-state index contributed by atoms with van der Waals surface area (Å²) in [6.45, 7) is 3.73. The van der Waals surface area contributed by atoms with Gasteiger partial charge < -0.3 is 9.15 Å². The predicted octanol–water partition coefficient (Wildman–Crippen LogP) is 4.50. The second-order valence-corrected chi connectivity index (χ2v) is 8.87. The van der Waals surface area contributed by atoms with Crippen LogP contribution in [0.1, 0.15) is 47.5 Å². The molecule has 0 spiro atoms. The Hall–Kier alpha value is -3.13. The lowest BCUT2D eigenvalue weighted by Crippen LogP contribution is -2.14. The summed E-state index contributed by atoms with van der Waals surface area (Å²) in [4.78, 5) is 16.2. The molecule has 0 saturated heterocycles. The number of rotatable bonds is 7. The van der Waals surface area contributed by atoms with E-state index in [1.807, 2.05) is 6.07 Å². The van der Waals surface area contributed by atoms with Crippen molar-refractivity contribution in [2.75, 3.05) is 11.3 Å². The summed E-state index contributed by atoms with van der Waals surface area (Å²) in [5.74, 6) is 1.18.